The highest BCUT2D eigenvalue weighted by atomic mass is 19.1. The third-order valence-corrected chi connectivity index (χ3v) is 3.52. The first-order valence-corrected chi connectivity index (χ1v) is 8.44. The minimum absolute atomic E-state index is 0.0875. The van der Waals surface area contributed by atoms with Crippen LogP contribution in [0.5, 0.6) is 5.75 Å². The third kappa shape index (κ3) is 5.01. The summed E-state index contributed by atoms with van der Waals surface area (Å²) >= 11 is 0. The van der Waals surface area contributed by atoms with Gasteiger partial charge in [-0.05, 0) is 62.4 Å². The highest BCUT2D eigenvalue weighted by Crippen LogP contribution is 2.20. The second-order valence-corrected chi connectivity index (χ2v) is 6.05. The zero-order valence-corrected chi connectivity index (χ0v) is 14.9. The molecule has 0 aliphatic carbocycles. The second kappa shape index (κ2) is 8.27. The van der Waals surface area contributed by atoms with Gasteiger partial charge in [-0.2, -0.15) is 0 Å². The molecule has 27 heavy (non-hydrogen) atoms. The highest BCUT2D eigenvalue weighted by molar-refractivity contribution is 6.02. The fourth-order valence-corrected chi connectivity index (χ4v) is 2.31. The summed E-state index contributed by atoms with van der Waals surface area (Å²) in [5.41, 5.74) is 0.989. The van der Waals surface area contributed by atoms with E-state index in [0.29, 0.717) is 5.82 Å². The lowest BCUT2D eigenvalue weighted by atomic mass is 10.3. The van der Waals surface area contributed by atoms with Crippen LogP contribution in [0, 0.1) is 5.82 Å². The number of carbonyl (C=O) groups excluding carboxylic acids is 1. The normalized spacial score (nSPS) is 10.5. The zero-order valence-electron chi connectivity index (χ0n) is 14.9. The first-order valence-electron chi connectivity index (χ1n) is 8.44. The molecule has 0 bridgehead atoms. The fraction of sp³-hybridized carbons (Fsp3) is 0.150. The summed E-state index contributed by atoms with van der Waals surface area (Å²) in [6, 6.07) is 16.5. The fourth-order valence-electron chi connectivity index (χ4n) is 2.31. The monoisotopic (exact) mass is 366 g/mol. The maximum absolute atomic E-state index is 13.6. The Balaban J connectivity index is 1.63. The number of benzene rings is 2. The smallest absolute Gasteiger partial charge is 0.276 e. The van der Waals surface area contributed by atoms with E-state index in [4.69, 9.17) is 4.74 Å². The summed E-state index contributed by atoms with van der Waals surface area (Å²) in [5, 5.41) is 13.4. The molecule has 0 radical (unpaired) electrons. The molecule has 0 fully saturated rings. The predicted molar refractivity (Wildman–Crippen MR) is 102 cm³/mol. The molecule has 0 unspecified atom stereocenters. The largest absolute Gasteiger partial charge is 0.491 e. The van der Waals surface area contributed by atoms with Crippen LogP contribution >= 0.6 is 0 Å². The second-order valence-electron chi connectivity index (χ2n) is 6.05. The Morgan fingerprint density at radius 3 is 2.37 bits per heavy atom. The molecule has 0 aliphatic rings. The summed E-state index contributed by atoms with van der Waals surface area (Å²) in [6.07, 6.45) is 0.109. The summed E-state index contributed by atoms with van der Waals surface area (Å²) in [5.74, 6) is 0.216. The maximum Gasteiger partial charge on any atom is 0.276 e. The molecule has 7 heteroatoms. The lowest BCUT2D eigenvalue weighted by Gasteiger charge is -2.11. The molecule has 2 aromatic carbocycles. The van der Waals surface area contributed by atoms with Crippen LogP contribution in [-0.2, 0) is 0 Å². The quantitative estimate of drug-likeness (QED) is 0.676. The summed E-state index contributed by atoms with van der Waals surface area (Å²) in [4.78, 5) is 12.1. The molecule has 0 saturated heterocycles. The van der Waals surface area contributed by atoms with Crippen molar-refractivity contribution in [3.05, 3.63) is 72.2 Å². The van der Waals surface area contributed by atoms with Crippen molar-refractivity contribution in [1.29, 1.82) is 0 Å². The number of ether oxygens (including phenoxy) is 1. The first-order chi connectivity index (χ1) is 13.0. The Kier molecular flexibility index (Phi) is 5.61. The van der Waals surface area contributed by atoms with E-state index >= 15 is 0 Å². The number of para-hydroxylation sites is 1. The molecule has 138 valence electrons. The van der Waals surface area contributed by atoms with Gasteiger partial charge in [0.15, 0.2) is 11.5 Å². The number of nitrogens with one attached hydrogen (secondary N) is 2. The number of hydrogen-bond acceptors (Lipinski definition) is 5. The lowest BCUT2D eigenvalue weighted by Crippen LogP contribution is -2.15. The zero-order chi connectivity index (χ0) is 19.2. The van der Waals surface area contributed by atoms with Gasteiger partial charge in [-0.25, -0.2) is 4.39 Å². The van der Waals surface area contributed by atoms with Gasteiger partial charge in [0.05, 0.1) is 11.8 Å². The van der Waals surface area contributed by atoms with E-state index in [1.165, 1.54) is 18.2 Å². The number of nitrogens with zero attached hydrogens (tertiary/aromatic N) is 2. The Labute approximate surface area is 156 Å². The van der Waals surface area contributed by atoms with Crippen molar-refractivity contribution in [1.82, 2.24) is 10.2 Å². The van der Waals surface area contributed by atoms with Crippen molar-refractivity contribution in [2.45, 2.75) is 20.0 Å². The average Bonchev–Trinajstić information content (AvgIpc) is 2.65. The van der Waals surface area contributed by atoms with Crippen molar-refractivity contribution >= 4 is 23.1 Å². The standard InChI is InChI=1S/C20H19FN4O2/c1-13(2)27-15-9-7-14(8-10-15)22-19-12-11-18(24-25-19)20(26)23-17-6-4-3-5-16(17)21/h3-13H,1-2H3,(H,22,25)(H,23,26). The van der Waals surface area contributed by atoms with Crippen molar-refractivity contribution < 1.29 is 13.9 Å². The SMILES string of the molecule is CC(C)Oc1ccc(Nc2ccc(C(=O)Nc3ccccc3F)nn2)cc1. The lowest BCUT2D eigenvalue weighted by molar-refractivity contribution is 0.102. The van der Waals surface area contributed by atoms with E-state index in [9.17, 15) is 9.18 Å². The van der Waals surface area contributed by atoms with Gasteiger partial charge < -0.3 is 15.4 Å². The molecule has 1 heterocycles. The van der Waals surface area contributed by atoms with Gasteiger partial charge in [-0.15, -0.1) is 10.2 Å². The van der Waals surface area contributed by atoms with E-state index in [2.05, 4.69) is 20.8 Å². The predicted octanol–water partition coefficient (Wildman–Crippen LogP) is 4.40. The Hall–Kier alpha value is -3.48. The number of amides is 1. The molecule has 3 rings (SSSR count). The number of halogens is 1. The van der Waals surface area contributed by atoms with E-state index in [0.717, 1.165) is 11.4 Å². The van der Waals surface area contributed by atoms with Gasteiger partial charge in [-0.1, -0.05) is 12.1 Å². The van der Waals surface area contributed by atoms with Gasteiger partial charge in [0.1, 0.15) is 11.6 Å². The molecular formula is C20H19FN4O2. The van der Waals surface area contributed by atoms with Gasteiger partial charge in [0, 0.05) is 5.69 Å². The molecule has 0 spiro atoms. The van der Waals surface area contributed by atoms with E-state index in [1.807, 2.05) is 38.1 Å². The molecule has 0 aliphatic heterocycles. The van der Waals surface area contributed by atoms with Crippen LogP contribution in [0.2, 0.25) is 0 Å². The first kappa shape index (κ1) is 18.3. The van der Waals surface area contributed by atoms with Crippen LogP contribution in [0.4, 0.5) is 21.6 Å². The molecule has 1 amide bonds. The molecule has 6 nitrogen and oxygen atoms in total. The number of carbonyl (C=O) groups is 1. The highest BCUT2D eigenvalue weighted by Gasteiger charge is 2.11. The minimum Gasteiger partial charge on any atom is -0.491 e. The maximum atomic E-state index is 13.6. The Morgan fingerprint density at radius 1 is 1.00 bits per heavy atom. The van der Waals surface area contributed by atoms with Crippen molar-refractivity contribution in [2.24, 2.45) is 0 Å². The van der Waals surface area contributed by atoms with Gasteiger partial charge in [0.2, 0.25) is 0 Å². The van der Waals surface area contributed by atoms with Crippen LogP contribution < -0.4 is 15.4 Å². The molecule has 3 aromatic rings. The number of anilines is 3. The van der Waals surface area contributed by atoms with Crippen molar-refractivity contribution in [2.75, 3.05) is 10.6 Å². The molecule has 0 saturated carbocycles. The van der Waals surface area contributed by atoms with Crippen LogP contribution in [0.3, 0.4) is 0 Å². The summed E-state index contributed by atoms with van der Waals surface area (Å²) in [7, 11) is 0. The van der Waals surface area contributed by atoms with Crippen molar-refractivity contribution in [3.8, 4) is 5.75 Å². The van der Waals surface area contributed by atoms with Crippen LogP contribution in [0.25, 0.3) is 0 Å². The van der Waals surface area contributed by atoms with E-state index in [1.54, 1.807) is 18.2 Å². The molecule has 0 atom stereocenters. The average molecular weight is 366 g/mol. The van der Waals surface area contributed by atoms with Crippen LogP contribution in [0.15, 0.2) is 60.7 Å². The third-order valence-electron chi connectivity index (χ3n) is 3.52. The number of aromatic nitrogens is 2. The van der Waals surface area contributed by atoms with Crippen LogP contribution in [-0.4, -0.2) is 22.2 Å². The van der Waals surface area contributed by atoms with E-state index in [-0.39, 0.29) is 17.5 Å². The Morgan fingerprint density at radius 2 is 1.74 bits per heavy atom. The topological polar surface area (TPSA) is 76.1 Å². The number of rotatable bonds is 6. The molecule has 1 aromatic heterocycles. The van der Waals surface area contributed by atoms with Crippen molar-refractivity contribution in [3.63, 3.8) is 0 Å². The van der Waals surface area contributed by atoms with Gasteiger partial charge >= 0.3 is 0 Å². The minimum atomic E-state index is -0.533. The van der Waals surface area contributed by atoms with Gasteiger partial charge in [0.25, 0.3) is 5.91 Å². The molecular weight excluding hydrogens is 347 g/mol. The van der Waals surface area contributed by atoms with Gasteiger partial charge in [-0.3, -0.25) is 4.79 Å². The Bertz CT molecular complexity index is 912. The number of hydrogen-bond donors (Lipinski definition) is 2. The molecule has 2 N–H and O–H groups in total. The van der Waals surface area contributed by atoms with E-state index < -0.39 is 11.7 Å². The summed E-state index contributed by atoms with van der Waals surface area (Å²) < 4.78 is 19.2. The van der Waals surface area contributed by atoms with Crippen LogP contribution in [0.1, 0.15) is 24.3 Å². The summed E-state index contributed by atoms with van der Waals surface area (Å²) in [6.45, 7) is 3.93.